The van der Waals surface area contributed by atoms with Gasteiger partial charge in [0.05, 0.1) is 40.0 Å². The van der Waals surface area contributed by atoms with Crippen LogP contribution in [0.2, 0.25) is 5.02 Å². The minimum atomic E-state index is -0.218. The molecule has 1 aliphatic rings. The number of aromatic nitrogens is 3. The van der Waals surface area contributed by atoms with Crippen LogP contribution in [0.5, 0.6) is 0 Å². The van der Waals surface area contributed by atoms with Gasteiger partial charge in [-0.25, -0.2) is 4.68 Å². The van der Waals surface area contributed by atoms with Crippen LogP contribution in [-0.2, 0) is 13.0 Å². The van der Waals surface area contributed by atoms with E-state index in [9.17, 15) is 9.59 Å². The second kappa shape index (κ2) is 9.11. The van der Waals surface area contributed by atoms with Crippen LogP contribution >= 0.6 is 11.6 Å². The lowest BCUT2D eigenvalue weighted by molar-refractivity contribution is 0.0733. The minimum Gasteiger partial charge on any atom is -0.334 e. The first-order valence-electron chi connectivity index (χ1n) is 10.9. The first kappa shape index (κ1) is 21.9. The lowest BCUT2D eigenvalue weighted by Gasteiger charge is -2.28. The predicted molar refractivity (Wildman–Crippen MR) is 130 cm³/mol. The number of hydrogen-bond acceptors (Lipinski definition) is 4. The number of benzene rings is 2. The molecule has 3 heterocycles. The van der Waals surface area contributed by atoms with Crippen LogP contribution in [0.3, 0.4) is 0 Å². The van der Waals surface area contributed by atoms with Crippen LogP contribution in [0.15, 0.2) is 73.1 Å². The van der Waals surface area contributed by atoms with E-state index in [4.69, 9.17) is 11.6 Å². The molecule has 1 N–H and O–H groups in total. The van der Waals surface area contributed by atoms with Crippen molar-refractivity contribution in [1.29, 1.82) is 0 Å². The van der Waals surface area contributed by atoms with E-state index >= 15 is 0 Å². The van der Waals surface area contributed by atoms with Crippen molar-refractivity contribution in [1.82, 2.24) is 19.7 Å². The minimum absolute atomic E-state index is 0.0896. The van der Waals surface area contributed by atoms with Crippen LogP contribution in [0.1, 0.15) is 37.7 Å². The average molecular weight is 472 g/mol. The summed E-state index contributed by atoms with van der Waals surface area (Å²) in [6.07, 6.45) is 4.07. The standard InChI is InChI=1S/C26H22ClN5O2/c1-17-9-10-20(15-28-17)30-25(33)18-5-4-6-21(13-18)32-24-11-12-31(16-19(24)14-29-32)26(34)22-7-2-3-8-23(22)27/h2-10,13-15H,11-12,16H2,1H3,(H,30,33). The number of fused-ring (bicyclic) bond motifs is 1. The van der Waals surface area contributed by atoms with E-state index in [-0.39, 0.29) is 11.8 Å². The molecule has 8 heteroatoms. The smallest absolute Gasteiger partial charge is 0.255 e. The van der Waals surface area contributed by atoms with Crippen LogP contribution < -0.4 is 5.32 Å². The first-order valence-corrected chi connectivity index (χ1v) is 11.3. The van der Waals surface area contributed by atoms with Crippen molar-refractivity contribution in [3.8, 4) is 5.69 Å². The fraction of sp³-hybridized carbons (Fsp3) is 0.154. The summed E-state index contributed by atoms with van der Waals surface area (Å²) in [5.74, 6) is -0.307. The highest BCUT2D eigenvalue weighted by atomic mass is 35.5. The van der Waals surface area contributed by atoms with E-state index in [0.29, 0.717) is 41.3 Å². The molecule has 5 rings (SSSR count). The number of aryl methyl sites for hydroxylation is 1. The molecule has 4 aromatic rings. The number of hydrogen-bond donors (Lipinski definition) is 1. The normalized spacial score (nSPS) is 12.8. The van der Waals surface area contributed by atoms with E-state index in [2.05, 4.69) is 15.4 Å². The molecule has 2 aromatic heterocycles. The van der Waals surface area contributed by atoms with Gasteiger partial charge in [0.2, 0.25) is 0 Å². The predicted octanol–water partition coefficient (Wildman–Crippen LogP) is 4.68. The Bertz CT molecular complexity index is 1380. The van der Waals surface area contributed by atoms with Crippen molar-refractivity contribution in [3.05, 3.63) is 106 Å². The number of carbonyl (C=O) groups is 2. The summed E-state index contributed by atoms with van der Waals surface area (Å²) in [6, 6.07) is 18.1. The molecule has 0 saturated carbocycles. The Balaban J connectivity index is 1.35. The third-order valence-corrected chi connectivity index (χ3v) is 6.18. The number of halogens is 1. The van der Waals surface area contributed by atoms with Gasteiger partial charge in [-0.05, 0) is 49.4 Å². The Labute approximate surface area is 202 Å². The quantitative estimate of drug-likeness (QED) is 0.468. The zero-order valence-corrected chi connectivity index (χ0v) is 19.3. The maximum absolute atomic E-state index is 13.0. The molecule has 0 saturated heterocycles. The number of nitrogens with one attached hydrogen (secondary N) is 1. The zero-order valence-electron chi connectivity index (χ0n) is 18.5. The maximum Gasteiger partial charge on any atom is 0.255 e. The third-order valence-electron chi connectivity index (χ3n) is 5.85. The van der Waals surface area contributed by atoms with E-state index in [1.165, 1.54) is 0 Å². The van der Waals surface area contributed by atoms with E-state index in [1.807, 2.05) is 54.1 Å². The molecule has 0 unspecified atom stereocenters. The number of carbonyl (C=O) groups excluding carboxylic acids is 2. The van der Waals surface area contributed by atoms with Crippen LogP contribution in [0, 0.1) is 6.92 Å². The molecule has 0 fully saturated rings. The van der Waals surface area contributed by atoms with Crippen LogP contribution in [0.4, 0.5) is 5.69 Å². The molecule has 34 heavy (non-hydrogen) atoms. The Morgan fingerprint density at radius 1 is 1.03 bits per heavy atom. The van der Waals surface area contributed by atoms with Crippen molar-refractivity contribution in [3.63, 3.8) is 0 Å². The summed E-state index contributed by atoms with van der Waals surface area (Å²) in [7, 11) is 0. The lowest BCUT2D eigenvalue weighted by atomic mass is 10.1. The van der Waals surface area contributed by atoms with Crippen molar-refractivity contribution in [2.75, 3.05) is 11.9 Å². The zero-order chi connectivity index (χ0) is 23.7. The van der Waals surface area contributed by atoms with E-state index in [1.54, 1.807) is 35.5 Å². The summed E-state index contributed by atoms with van der Waals surface area (Å²) in [6.45, 7) is 2.91. The number of amides is 2. The van der Waals surface area contributed by atoms with Crippen molar-refractivity contribution >= 4 is 29.1 Å². The maximum atomic E-state index is 13.0. The summed E-state index contributed by atoms with van der Waals surface area (Å²) in [5.41, 5.74) is 5.35. The molecule has 0 bridgehead atoms. The Morgan fingerprint density at radius 2 is 1.88 bits per heavy atom. The van der Waals surface area contributed by atoms with Crippen molar-refractivity contribution < 1.29 is 9.59 Å². The highest BCUT2D eigenvalue weighted by Gasteiger charge is 2.26. The SMILES string of the molecule is Cc1ccc(NC(=O)c2cccc(-n3ncc4c3CCN(C(=O)c3ccccc3Cl)C4)c2)cn1. The number of rotatable bonds is 4. The van der Waals surface area contributed by atoms with E-state index in [0.717, 1.165) is 22.6 Å². The van der Waals surface area contributed by atoms with Gasteiger partial charge in [-0.3, -0.25) is 14.6 Å². The third kappa shape index (κ3) is 4.30. The molecule has 2 amide bonds. The molecule has 7 nitrogen and oxygen atoms in total. The monoisotopic (exact) mass is 471 g/mol. The summed E-state index contributed by atoms with van der Waals surface area (Å²) < 4.78 is 1.84. The fourth-order valence-electron chi connectivity index (χ4n) is 4.06. The largest absolute Gasteiger partial charge is 0.334 e. The van der Waals surface area contributed by atoms with Crippen LogP contribution in [-0.4, -0.2) is 38.0 Å². The Hall–Kier alpha value is -3.97. The highest BCUT2D eigenvalue weighted by Crippen LogP contribution is 2.25. The molecule has 2 aromatic carbocycles. The van der Waals surface area contributed by atoms with Crippen molar-refractivity contribution in [2.24, 2.45) is 0 Å². The van der Waals surface area contributed by atoms with Crippen LogP contribution in [0.25, 0.3) is 5.69 Å². The van der Waals surface area contributed by atoms with Gasteiger partial charge in [0.25, 0.3) is 11.8 Å². The average Bonchev–Trinajstić information content (AvgIpc) is 3.29. The number of anilines is 1. The van der Waals surface area contributed by atoms with Gasteiger partial charge < -0.3 is 10.2 Å². The van der Waals surface area contributed by atoms with Gasteiger partial charge >= 0.3 is 0 Å². The molecule has 0 aliphatic carbocycles. The summed E-state index contributed by atoms with van der Waals surface area (Å²) in [5, 5.41) is 7.88. The lowest BCUT2D eigenvalue weighted by Crippen LogP contribution is -2.36. The molecule has 0 spiro atoms. The first-order chi connectivity index (χ1) is 16.5. The van der Waals surface area contributed by atoms with Gasteiger partial charge in [0.15, 0.2) is 0 Å². The Morgan fingerprint density at radius 3 is 2.68 bits per heavy atom. The van der Waals surface area contributed by atoms with Gasteiger partial charge in [-0.15, -0.1) is 0 Å². The fourth-order valence-corrected chi connectivity index (χ4v) is 4.27. The molecule has 170 valence electrons. The second-order valence-corrected chi connectivity index (χ2v) is 8.58. The molecule has 0 atom stereocenters. The summed E-state index contributed by atoms with van der Waals surface area (Å²) >= 11 is 6.22. The highest BCUT2D eigenvalue weighted by molar-refractivity contribution is 6.33. The number of pyridine rings is 1. The van der Waals surface area contributed by atoms with Gasteiger partial charge in [-0.1, -0.05) is 29.8 Å². The van der Waals surface area contributed by atoms with Gasteiger partial charge in [-0.2, -0.15) is 5.10 Å². The molecular weight excluding hydrogens is 450 g/mol. The molecule has 1 aliphatic heterocycles. The second-order valence-electron chi connectivity index (χ2n) is 8.18. The van der Waals surface area contributed by atoms with Gasteiger partial charge in [0, 0.05) is 36.3 Å². The molecule has 0 radical (unpaired) electrons. The Kier molecular flexibility index (Phi) is 5.86. The molecular formula is C26H22ClN5O2. The topological polar surface area (TPSA) is 80.1 Å². The summed E-state index contributed by atoms with van der Waals surface area (Å²) in [4.78, 5) is 31.7. The van der Waals surface area contributed by atoms with E-state index < -0.39 is 0 Å². The number of nitrogens with zero attached hydrogens (tertiary/aromatic N) is 4. The van der Waals surface area contributed by atoms with Crippen molar-refractivity contribution in [2.45, 2.75) is 19.9 Å². The van der Waals surface area contributed by atoms with Gasteiger partial charge in [0.1, 0.15) is 0 Å².